The Morgan fingerprint density at radius 1 is 0.724 bits per heavy atom. The summed E-state index contributed by atoms with van der Waals surface area (Å²) in [6, 6.07) is 10.3. The average molecular weight is 393 g/mol. The van der Waals surface area contributed by atoms with Crippen LogP contribution in [0.15, 0.2) is 30.3 Å². The van der Waals surface area contributed by atoms with Gasteiger partial charge >= 0.3 is 0 Å². The molecule has 0 aromatic heterocycles. The minimum Gasteiger partial charge on any atom is -0.206 e. The van der Waals surface area contributed by atoms with E-state index in [4.69, 9.17) is 0 Å². The number of benzene rings is 2. The first-order valence-electron chi connectivity index (χ1n) is 11.8. The minimum atomic E-state index is -0.0615. The van der Waals surface area contributed by atoms with Crippen molar-refractivity contribution in [2.45, 2.75) is 85.0 Å². The van der Waals surface area contributed by atoms with Gasteiger partial charge in [-0.2, -0.15) is 0 Å². The van der Waals surface area contributed by atoms with Crippen LogP contribution < -0.4 is 0 Å². The number of aryl methyl sites for hydroxylation is 2. The summed E-state index contributed by atoms with van der Waals surface area (Å²) in [5, 5.41) is 0. The number of hydrogen-bond donors (Lipinski definition) is 0. The SMILES string of the molecule is Cc1cc(-c2ccc(C3CCC(C4CCC(C)CC4)CC3)cc2F)cc(C)c1C. The lowest BCUT2D eigenvalue weighted by Gasteiger charge is -2.37. The van der Waals surface area contributed by atoms with Crippen molar-refractivity contribution in [3.63, 3.8) is 0 Å². The predicted molar refractivity (Wildman–Crippen MR) is 122 cm³/mol. The first kappa shape index (κ1) is 20.6. The van der Waals surface area contributed by atoms with Crippen LogP contribution in [-0.2, 0) is 0 Å². The Hall–Kier alpha value is -1.63. The van der Waals surface area contributed by atoms with E-state index < -0.39 is 0 Å². The van der Waals surface area contributed by atoms with Crippen LogP contribution in [0.4, 0.5) is 4.39 Å². The highest BCUT2D eigenvalue weighted by atomic mass is 19.1. The van der Waals surface area contributed by atoms with Gasteiger partial charge in [0, 0.05) is 5.56 Å². The standard InChI is InChI=1S/C28H37F/c1-18-5-7-22(8-6-18)23-9-11-24(12-10-23)25-13-14-27(28(29)17-25)26-15-19(2)21(4)20(3)16-26/h13-18,22-24H,5-12H2,1-4H3. The van der Waals surface area contributed by atoms with Gasteiger partial charge in [0.05, 0.1) is 0 Å². The van der Waals surface area contributed by atoms with Crippen molar-refractivity contribution < 1.29 is 4.39 Å². The molecule has 2 aliphatic rings. The summed E-state index contributed by atoms with van der Waals surface area (Å²) in [5.74, 6) is 3.29. The molecule has 2 fully saturated rings. The molecule has 0 atom stereocenters. The molecule has 0 nitrogen and oxygen atoms in total. The predicted octanol–water partition coefficient (Wildman–Crippen LogP) is 8.52. The molecule has 1 heteroatoms. The van der Waals surface area contributed by atoms with Gasteiger partial charge in [0.15, 0.2) is 0 Å². The molecule has 2 aliphatic carbocycles. The monoisotopic (exact) mass is 392 g/mol. The largest absolute Gasteiger partial charge is 0.206 e. The van der Waals surface area contributed by atoms with Crippen LogP contribution in [0.25, 0.3) is 11.1 Å². The van der Waals surface area contributed by atoms with Crippen molar-refractivity contribution in [3.05, 3.63) is 58.4 Å². The molecule has 0 saturated heterocycles. The molecule has 2 saturated carbocycles. The van der Waals surface area contributed by atoms with Crippen molar-refractivity contribution in [1.29, 1.82) is 0 Å². The molecule has 2 aromatic rings. The highest BCUT2D eigenvalue weighted by Gasteiger charge is 2.30. The van der Waals surface area contributed by atoms with E-state index in [0.29, 0.717) is 5.92 Å². The Balaban J connectivity index is 1.44. The lowest BCUT2D eigenvalue weighted by molar-refractivity contribution is 0.165. The zero-order valence-corrected chi connectivity index (χ0v) is 18.7. The fourth-order valence-corrected chi connectivity index (χ4v) is 5.89. The summed E-state index contributed by atoms with van der Waals surface area (Å²) < 4.78 is 15.1. The van der Waals surface area contributed by atoms with Gasteiger partial charge < -0.3 is 0 Å². The first-order chi connectivity index (χ1) is 13.9. The molecule has 0 N–H and O–H groups in total. The average Bonchev–Trinajstić information content (AvgIpc) is 2.72. The van der Waals surface area contributed by atoms with Crippen LogP contribution in [0.3, 0.4) is 0 Å². The van der Waals surface area contributed by atoms with Gasteiger partial charge in [-0.1, -0.05) is 44.0 Å². The van der Waals surface area contributed by atoms with Gasteiger partial charge in [-0.15, -0.1) is 0 Å². The molecular formula is C28H37F. The Kier molecular flexibility index (Phi) is 6.13. The smallest absolute Gasteiger partial charge is 0.131 e. The summed E-state index contributed by atoms with van der Waals surface area (Å²) in [5.41, 5.74) is 6.73. The fourth-order valence-electron chi connectivity index (χ4n) is 5.89. The number of rotatable bonds is 3. The van der Waals surface area contributed by atoms with Crippen molar-refractivity contribution in [2.24, 2.45) is 17.8 Å². The maximum absolute atomic E-state index is 15.1. The summed E-state index contributed by atoms with van der Waals surface area (Å²) in [4.78, 5) is 0. The van der Waals surface area contributed by atoms with Crippen LogP contribution in [0, 0.1) is 44.3 Å². The molecule has 2 aromatic carbocycles. The molecule has 0 amide bonds. The van der Waals surface area contributed by atoms with E-state index in [1.54, 1.807) is 0 Å². The normalized spacial score (nSPS) is 27.8. The summed E-state index contributed by atoms with van der Waals surface area (Å²) in [7, 11) is 0. The van der Waals surface area contributed by atoms with E-state index in [9.17, 15) is 0 Å². The van der Waals surface area contributed by atoms with Crippen LogP contribution >= 0.6 is 0 Å². The third-order valence-corrected chi connectivity index (χ3v) is 8.20. The van der Waals surface area contributed by atoms with Gasteiger partial charge in [-0.25, -0.2) is 4.39 Å². The molecule has 0 aliphatic heterocycles. The van der Waals surface area contributed by atoms with E-state index in [1.807, 2.05) is 12.1 Å². The molecule has 0 radical (unpaired) electrons. The molecule has 0 heterocycles. The summed E-state index contributed by atoms with van der Waals surface area (Å²) in [6.07, 6.45) is 10.9. The Bertz CT molecular complexity index is 826. The van der Waals surface area contributed by atoms with Crippen molar-refractivity contribution in [3.8, 4) is 11.1 Å². The highest BCUT2D eigenvalue weighted by molar-refractivity contribution is 5.67. The molecular weight excluding hydrogens is 355 g/mol. The van der Waals surface area contributed by atoms with E-state index in [2.05, 4.69) is 45.9 Å². The van der Waals surface area contributed by atoms with Crippen LogP contribution in [0.1, 0.15) is 86.5 Å². The van der Waals surface area contributed by atoms with Crippen LogP contribution in [0.5, 0.6) is 0 Å². The highest BCUT2D eigenvalue weighted by Crippen LogP contribution is 2.44. The van der Waals surface area contributed by atoms with Crippen molar-refractivity contribution in [1.82, 2.24) is 0 Å². The van der Waals surface area contributed by atoms with Crippen molar-refractivity contribution >= 4 is 0 Å². The molecule has 0 unspecified atom stereocenters. The first-order valence-corrected chi connectivity index (χ1v) is 11.8. The number of hydrogen-bond acceptors (Lipinski definition) is 0. The summed E-state index contributed by atoms with van der Waals surface area (Å²) >= 11 is 0. The third kappa shape index (κ3) is 4.44. The van der Waals surface area contributed by atoms with Gasteiger partial charge in [0.25, 0.3) is 0 Å². The van der Waals surface area contributed by atoms with E-state index in [-0.39, 0.29) is 5.82 Å². The van der Waals surface area contributed by atoms with Gasteiger partial charge in [0.1, 0.15) is 5.82 Å². The van der Waals surface area contributed by atoms with Gasteiger partial charge in [0.2, 0.25) is 0 Å². The van der Waals surface area contributed by atoms with E-state index in [0.717, 1.165) is 28.9 Å². The number of halogens is 1. The zero-order chi connectivity index (χ0) is 20.5. The topological polar surface area (TPSA) is 0 Å². The lowest BCUT2D eigenvalue weighted by atomic mass is 9.68. The third-order valence-electron chi connectivity index (χ3n) is 8.20. The maximum atomic E-state index is 15.1. The van der Waals surface area contributed by atoms with Crippen LogP contribution in [0.2, 0.25) is 0 Å². The minimum absolute atomic E-state index is 0.0615. The van der Waals surface area contributed by atoms with E-state index >= 15 is 4.39 Å². The quantitative estimate of drug-likeness (QED) is 0.491. The second-order valence-electron chi connectivity index (χ2n) is 10.1. The molecule has 156 valence electrons. The Morgan fingerprint density at radius 3 is 1.83 bits per heavy atom. The van der Waals surface area contributed by atoms with Gasteiger partial charge in [-0.05, 0) is 117 Å². The molecule has 0 bridgehead atoms. The zero-order valence-electron chi connectivity index (χ0n) is 18.7. The molecule has 4 rings (SSSR count). The Morgan fingerprint density at radius 2 is 1.28 bits per heavy atom. The summed E-state index contributed by atoms with van der Waals surface area (Å²) in [6.45, 7) is 8.77. The van der Waals surface area contributed by atoms with Gasteiger partial charge in [-0.3, -0.25) is 0 Å². The fraction of sp³-hybridized carbons (Fsp3) is 0.571. The molecule has 0 spiro atoms. The Labute approximate surface area is 176 Å². The lowest BCUT2D eigenvalue weighted by Crippen LogP contribution is -2.24. The van der Waals surface area contributed by atoms with Crippen LogP contribution in [-0.4, -0.2) is 0 Å². The second-order valence-corrected chi connectivity index (χ2v) is 10.1. The van der Waals surface area contributed by atoms with Crippen molar-refractivity contribution in [2.75, 3.05) is 0 Å². The molecule has 29 heavy (non-hydrogen) atoms. The van der Waals surface area contributed by atoms with E-state index in [1.165, 1.54) is 73.6 Å². The maximum Gasteiger partial charge on any atom is 0.131 e. The second kappa shape index (κ2) is 8.62.